The van der Waals surface area contributed by atoms with Gasteiger partial charge in [-0.2, -0.15) is 0 Å². The van der Waals surface area contributed by atoms with Gasteiger partial charge in [0.2, 0.25) is 0 Å². The smallest absolute Gasteiger partial charge is 0.139 e. The number of hydrogen-bond acceptors (Lipinski definition) is 3. The lowest BCUT2D eigenvalue weighted by atomic mass is 10.1. The minimum atomic E-state index is 0.806. The number of benzene rings is 1. The van der Waals surface area contributed by atoms with Crippen molar-refractivity contribution in [3.05, 3.63) is 79.4 Å². The first kappa shape index (κ1) is 13.4. The zero-order valence-electron chi connectivity index (χ0n) is 12.3. The Morgan fingerprint density at radius 3 is 2.30 bits per heavy atom. The fourth-order valence-corrected chi connectivity index (χ4v) is 2.45. The molecule has 0 radical (unpaired) electrons. The summed E-state index contributed by atoms with van der Waals surface area (Å²) in [5, 5.41) is 0. The van der Waals surface area contributed by atoms with Crippen LogP contribution in [0.15, 0.2) is 79.4 Å². The van der Waals surface area contributed by atoms with Crippen LogP contribution in [0.3, 0.4) is 0 Å². The number of imidazole rings is 1. The number of aromatic nitrogens is 4. The van der Waals surface area contributed by atoms with Crippen molar-refractivity contribution in [3.8, 4) is 33.9 Å². The van der Waals surface area contributed by atoms with Crippen LogP contribution in [0.2, 0.25) is 0 Å². The first-order valence-corrected chi connectivity index (χ1v) is 7.38. The molecule has 4 nitrogen and oxygen atoms in total. The summed E-state index contributed by atoms with van der Waals surface area (Å²) in [6, 6.07) is 18.1. The monoisotopic (exact) mass is 298 g/mol. The van der Waals surface area contributed by atoms with Crippen LogP contribution in [0.5, 0.6) is 0 Å². The van der Waals surface area contributed by atoms with Gasteiger partial charge in [0.15, 0.2) is 0 Å². The number of pyridine rings is 2. The number of hydrogen-bond donors (Lipinski definition) is 1. The van der Waals surface area contributed by atoms with Crippen LogP contribution < -0.4 is 0 Å². The molecule has 0 amide bonds. The van der Waals surface area contributed by atoms with Crippen molar-refractivity contribution in [2.45, 2.75) is 0 Å². The lowest BCUT2D eigenvalue weighted by molar-refractivity contribution is 1.26. The fourth-order valence-electron chi connectivity index (χ4n) is 2.45. The number of rotatable bonds is 3. The minimum absolute atomic E-state index is 0.806. The summed E-state index contributed by atoms with van der Waals surface area (Å²) in [5.74, 6) is 0.806. The lowest BCUT2D eigenvalue weighted by Crippen LogP contribution is -1.85. The van der Waals surface area contributed by atoms with E-state index in [0.717, 1.165) is 33.9 Å². The molecular formula is C19H14N4. The van der Waals surface area contributed by atoms with E-state index in [2.05, 4.69) is 32.1 Å². The first-order chi connectivity index (χ1) is 11.4. The molecule has 4 heteroatoms. The minimum Gasteiger partial charge on any atom is -0.344 e. The molecule has 0 unspecified atom stereocenters. The Balaban J connectivity index is 1.63. The molecule has 0 saturated carbocycles. The summed E-state index contributed by atoms with van der Waals surface area (Å²) in [6.07, 6.45) is 7.28. The maximum atomic E-state index is 4.62. The van der Waals surface area contributed by atoms with Crippen LogP contribution in [0.1, 0.15) is 0 Å². The van der Waals surface area contributed by atoms with Gasteiger partial charge in [0.1, 0.15) is 5.82 Å². The van der Waals surface area contributed by atoms with Crippen LogP contribution in [-0.2, 0) is 0 Å². The molecule has 3 aromatic heterocycles. The first-order valence-electron chi connectivity index (χ1n) is 7.38. The van der Waals surface area contributed by atoms with E-state index >= 15 is 0 Å². The van der Waals surface area contributed by atoms with Gasteiger partial charge in [0.25, 0.3) is 0 Å². The van der Waals surface area contributed by atoms with Crippen molar-refractivity contribution in [1.29, 1.82) is 0 Å². The van der Waals surface area contributed by atoms with Crippen molar-refractivity contribution in [1.82, 2.24) is 19.9 Å². The molecule has 4 aromatic rings. The molecule has 0 aliphatic carbocycles. The summed E-state index contributed by atoms with van der Waals surface area (Å²) < 4.78 is 0. The molecule has 4 rings (SSSR count). The Morgan fingerprint density at radius 2 is 1.57 bits per heavy atom. The number of aromatic amines is 1. The summed E-state index contributed by atoms with van der Waals surface area (Å²) in [6.45, 7) is 0. The van der Waals surface area contributed by atoms with Gasteiger partial charge in [0, 0.05) is 41.5 Å². The molecule has 110 valence electrons. The standard InChI is InChI=1S/C19H14N4/c1-2-5-14(6-3-1)17-9-8-15(12-21-17)18-13-22-19(23-18)16-7-4-10-20-11-16/h1-13H,(H,22,23). The summed E-state index contributed by atoms with van der Waals surface area (Å²) >= 11 is 0. The second-order valence-electron chi connectivity index (χ2n) is 5.17. The molecule has 0 aliphatic heterocycles. The molecule has 0 spiro atoms. The molecule has 3 heterocycles. The number of nitrogens with one attached hydrogen (secondary N) is 1. The van der Waals surface area contributed by atoms with E-state index in [1.54, 1.807) is 12.4 Å². The molecular weight excluding hydrogens is 284 g/mol. The Morgan fingerprint density at radius 1 is 0.696 bits per heavy atom. The normalized spacial score (nSPS) is 10.6. The zero-order valence-corrected chi connectivity index (χ0v) is 12.3. The van der Waals surface area contributed by atoms with E-state index in [4.69, 9.17) is 0 Å². The lowest BCUT2D eigenvalue weighted by Gasteiger charge is -2.01. The molecule has 0 aliphatic rings. The Bertz CT molecular complexity index is 897. The third-order valence-corrected chi connectivity index (χ3v) is 3.64. The van der Waals surface area contributed by atoms with E-state index in [-0.39, 0.29) is 0 Å². The average molecular weight is 298 g/mol. The average Bonchev–Trinajstić information content (AvgIpc) is 3.14. The summed E-state index contributed by atoms with van der Waals surface area (Å²) in [4.78, 5) is 16.5. The molecule has 0 saturated heterocycles. The highest BCUT2D eigenvalue weighted by molar-refractivity contribution is 5.66. The van der Waals surface area contributed by atoms with E-state index in [9.17, 15) is 0 Å². The van der Waals surface area contributed by atoms with Gasteiger partial charge in [-0.05, 0) is 24.3 Å². The fraction of sp³-hybridized carbons (Fsp3) is 0. The zero-order chi connectivity index (χ0) is 15.5. The second-order valence-corrected chi connectivity index (χ2v) is 5.17. The predicted molar refractivity (Wildman–Crippen MR) is 90.5 cm³/mol. The highest BCUT2D eigenvalue weighted by Gasteiger charge is 2.07. The van der Waals surface area contributed by atoms with Crippen LogP contribution in [-0.4, -0.2) is 19.9 Å². The Kier molecular flexibility index (Phi) is 3.41. The van der Waals surface area contributed by atoms with Crippen molar-refractivity contribution in [2.75, 3.05) is 0 Å². The van der Waals surface area contributed by atoms with Gasteiger partial charge in [0.05, 0.1) is 11.4 Å². The topological polar surface area (TPSA) is 54.5 Å². The van der Waals surface area contributed by atoms with E-state index < -0.39 is 0 Å². The Labute approximate surface area is 133 Å². The van der Waals surface area contributed by atoms with Crippen LogP contribution in [0.4, 0.5) is 0 Å². The summed E-state index contributed by atoms with van der Waals surface area (Å²) in [7, 11) is 0. The number of nitrogens with zero attached hydrogens (tertiary/aromatic N) is 3. The molecule has 1 aromatic carbocycles. The molecule has 0 atom stereocenters. The highest BCUT2D eigenvalue weighted by atomic mass is 14.9. The van der Waals surface area contributed by atoms with Crippen molar-refractivity contribution in [2.24, 2.45) is 0 Å². The quantitative estimate of drug-likeness (QED) is 0.616. The molecule has 23 heavy (non-hydrogen) atoms. The summed E-state index contributed by atoms with van der Waals surface area (Å²) in [5.41, 5.74) is 4.88. The van der Waals surface area contributed by atoms with Crippen molar-refractivity contribution < 1.29 is 0 Å². The molecule has 1 N–H and O–H groups in total. The molecule has 0 fully saturated rings. The van der Waals surface area contributed by atoms with Crippen molar-refractivity contribution >= 4 is 0 Å². The second kappa shape index (κ2) is 5.85. The predicted octanol–water partition coefficient (Wildman–Crippen LogP) is 4.20. The van der Waals surface area contributed by atoms with Gasteiger partial charge < -0.3 is 4.98 Å². The maximum Gasteiger partial charge on any atom is 0.139 e. The third-order valence-electron chi connectivity index (χ3n) is 3.64. The van der Waals surface area contributed by atoms with E-state index in [1.807, 2.05) is 54.9 Å². The van der Waals surface area contributed by atoms with E-state index in [1.165, 1.54) is 0 Å². The van der Waals surface area contributed by atoms with Gasteiger partial charge in [-0.15, -0.1) is 0 Å². The van der Waals surface area contributed by atoms with E-state index in [0.29, 0.717) is 0 Å². The maximum absolute atomic E-state index is 4.62. The number of H-pyrrole nitrogens is 1. The van der Waals surface area contributed by atoms with Gasteiger partial charge in [-0.1, -0.05) is 30.3 Å². The van der Waals surface area contributed by atoms with Crippen LogP contribution in [0.25, 0.3) is 33.9 Å². The van der Waals surface area contributed by atoms with Crippen LogP contribution in [0, 0.1) is 0 Å². The third kappa shape index (κ3) is 2.74. The van der Waals surface area contributed by atoms with Gasteiger partial charge in [-0.25, -0.2) is 4.98 Å². The van der Waals surface area contributed by atoms with Gasteiger partial charge in [-0.3, -0.25) is 9.97 Å². The van der Waals surface area contributed by atoms with Gasteiger partial charge >= 0.3 is 0 Å². The largest absolute Gasteiger partial charge is 0.344 e. The highest BCUT2D eigenvalue weighted by Crippen LogP contribution is 2.23. The van der Waals surface area contributed by atoms with Crippen LogP contribution >= 0.6 is 0 Å². The van der Waals surface area contributed by atoms with Crippen molar-refractivity contribution in [3.63, 3.8) is 0 Å². The molecule has 0 bridgehead atoms. The SMILES string of the molecule is c1ccc(-c2ccc(-c3c[nH]c(-c4cccnc4)n3)cn2)cc1. The Hall–Kier alpha value is -3.27.